The van der Waals surface area contributed by atoms with E-state index in [2.05, 4.69) is 26.4 Å². The van der Waals surface area contributed by atoms with Crippen LogP contribution in [-0.4, -0.2) is 70.3 Å². The van der Waals surface area contributed by atoms with Crippen molar-refractivity contribution >= 4 is 23.6 Å². The first kappa shape index (κ1) is 31.8. The molecule has 0 saturated heterocycles. The van der Waals surface area contributed by atoms with E-state index in [-0.39, 0.29) is 56.1 Å². The molecule has 0 bridgehead atoms. The first-order valence-electron chi connectivity index (χ1n) is 13.8. The zero-order valence-corrected chi connectivity index (χ0v) is 23.4. The molecule has 2 aromatic carbocycles. The number of aryl methyl sites for hydroxylation is 1. The number of ether oxygens (including phenoxy) is 1. The van der Waals surface area contributed by atoms with Gasteiger partial charge in [0.05, 0.1) is 18.5 Å². The minimum Gasteiger partial charge on any atom is -0.508 e. The number of aromatic nitrogens is 2. The number of nitrogens with one attached hydrogen (secondary N) is 4. The van der Waals surface area contributed by atoms with Gasteiger partial charge in [-0.05, 0) is 42.3 Å². The van der Waals surface area contributed by atoms with E-state index >= 15 is 0 Å². The van der Waals surface area contributed by atoms with Crippen LogP contribution in [0.3, 0.4) is 0 Å². The van der Waals surface area contributed by atoms with Crippen LogP contribution in [0.2, 0.25) is 0 Å². The number of fused-ring (bicyclic) bond motifs is 1. The van der Waals surface area contributed by atoms with E-state index in [1.54, 1.807) is 30.3 Å². The van der Waals surface area contributed by atoms with Crippen molar-refractivity contribution in [1.82, 2.24) is 31.0 Å². The Morgan fingerprint density at radius 3 is 2.55 bits per heavy atom. The molecule has 2 heterocycles. The molecule has 1 aromatic heterocycles. The molecule has 0 radical (unpaired) electrons. The molecule has 1 aliphatic heterocycles. The lowest BCUT2D eigenvalue weighted by molar-refractivity contribution is -0.141. The van der Waals surface area contributed by atoms with Crippen LogP contribution in [0.5, 0.6) is 11.5 Å². The highest BCUT2D eigenvalue weighted by Crippen LogP contribution is 2.27. The largest absolute Gasteiger partial charge is 0.508 e. The number of alkyl halides is 3. The lowest BCUT2D eigenvalue weighted by Gasteiger charge is -2.23. The van der Waals surface area contributed by atoms with Crippen LogP contribution in [0.25, 0.3) is 0 Å². The Labute approximate surface area is 250 Å². The number of halogens is 3. The van der Waals surface area contributed by atoms with Gasteiger partial charge in [-0.15, -0.1) is 0 Å². The Morgan fingerprint density at radius 1 is 1.07 bits per heavy atom. The van der Waals surface area contributed by atoms with Crippen molar-refractivity contribution in [3.8, 4) is 11.5 Å². The summed E-state index contributed by atoms with van der Waals surface area (Å²) in [6, 6.07) is 10.8. The fourth-order valence-corrected chi connectivity index (χ4v) is 4.41. The molecule has 0 aliphatic carbocycles. The fourth-order valence-electron chi connectivity index (χ4n) is 4.41. The van der Waals surface area contributed by atoms with Crippen molar-refractivity contribution in [2.45, 2.75) is 44.1 Å². The molecule has 0 saturated carbocycles. The third-order valence-electron chi connectivity index (χ3n) is 6.62. The van der Waals surface area contributed by atoms with Gasteiger partial charge in [0, 0.05) is 25.7 Å². The van der Waals surface area contributed by atoms with E-state index in [0.29, 0.717) is 5.56 Å². The molecule has 0 spiro atoms. The molecule has 5 N–H and O–H groups in total. The van der Waals surface area contributed by atoms with Gasteiger partial charge in [-0.1, -0.05) is 24.3 Å². The summed E-state index contributed by atoms with van der Waals surface area (Å²) in [6.45, 7) is 0.185. The minimum absolute atomic E-state index is 0.0135. The zero-order chi connectivity index (χ0) is 31.7. The van der Waals surface area contributed by atoms with E-state index in [4.69, 9.17) is 4.74 Å². The Balaban J connectivity index is 1.47. The van der Waals surface area contributed by atoms with Gasteiger partial charge in [-0.3, -0.25) is 23.9 Å². The number of benzene rings is 2. The molecule has 3 aromatic rings. The average molecular weight is 617 g/mol. The molecular formula is C29H31F3N6O6. The Hall–Kier alpha value is -5.08. The molecule has 0 fully saturated rings. The van der Waals surface area contributed by atoms with Crippen LogP contribution in [0.1, 0.15) is 34.5 Å². The van der Waals surface area contributed by atoms with Gasteiger partial charge in [0.15, 0.2) is 5.69 Å². The van der Waals surface area contributed by atoms with E-state index < -0.39 is 54.0 Å². The Morgan fingerprint density at radius 2 is 1.82 bits per heavy atom. The summed E-state index contributed by atoms with van der Waals surface area (Å²) in [4.78, 5) is 52.5. The van der Waals surface area contributed by atoms with Crippen molar-refractivity contribution in [1.29, 1.82) is 0 Å². The summed E-state index contributed by atoms with van der Waals surface area (Å²) < 4.78 is 45.2. The second-order valence-corrected chi connectivity index (χ2v) is 9.96. The van der Waals surface area contributed by atoms with Gasteiger partial charge in [-0.2, -0.15) is 18.3 Å². The lowest BCUT2D eigenvalue weighted by atomic mass is 10.0. The maximum absolute atomic E-state index is 13.2. The Bertz CT molecular complexity index is 1480. The number of hydrogen-bond donors (Lipinski definition) is 5. The third kappa shape index (κ3) is 8.96. The minimum atomic E-state index is -4.57. The van der Waals surface area contributed by atoms with Gasteiger partial charge < -0.3 is 31.1 Å². The number of carbonyl (C=O) groups is 4. The molecular weight excluding hydrogens is 585 g/mol. The van der Waals surface area contributed by atoms with E-state index in [9.17, 15) is 37.5 Å². The predicted molar refractivity (Wildman–Crippen MR) is 149 cm³/mol. The third-order valence-corrected chi connectivity index (χ3v) is 6.62. The van der Waals surface area contributed by atoms with Crippen molar-refractivity contribution in [3.63, 3.8) is 0 Å². The predicted octanol–water partition coefficient (Wildman–Crippen LogP) is 1.54. The highest BCUT2D eigenvalue weighted by Gasteiger charge is 2.33. The van der Waals surface area contributed by atoms with Gasteiger partial charge in [-0.25, -0.2) is 0 Å². The summed E-state index contributed by atoms with van der Waals surface area (Å²) in [7, 11) is 0. The number of aromatic hydroxyl groups is 1. The van der Waals surface area contributed by atoms with Gasteiger partial charge in [0.25, 0.3) is 5.91 Å². The number of hydrogen-bond acceptors (Lipinski definition) is 7. The number of nitrogens with zero attached hydrogens (tertiary/aromatic N) is 2. The van der Waals surface area contributed by atoms with Gasteiger partial charge >= 0.3 is 6.18 Å². The van der Waals surface area contributed by atoms with E-state index in [1.807, 2.05) is 0 Å². The summed E-state index contributed by atoms with van der Waals surface area (Å²) in [5.41, 5.74) is -0.272. The topological polar surface area (TPSA) is 164 Å². The highest BCUT2D eigenvalue weighted by atomic mass is 19.4. The Kier molecular flexibility index (Phi) is 10.4. The maximum atomic E-state index is 13.2. The summed E-state index contributed by atoms with van der Waals surface area (Å²) in [6.07, 6.45) is -3.62. The molecule has 234 valence electrons. The first-order chi connectivity index (χ1) is 21.0. The van der Waals surface area contributed by atoms with Crippen LogP contribution in [0.15, 0.2) is 60.8 Å². The number of rotatable bonds is 7. The molecule has 15 heteroatoms. The number of carbonyl (C=O) groups excluding carboxylic acids is 4. The number of phenolic OH excluding ortho intramolecular Hbond substituents is 1. The number of para-hydroxylation sites is 1. The van der Waals surface area contributed by atoms with Crippen LogP contribution >= 0.6 is 0 Å². The smallest absolute Gasteiger partial charge is 0.435 e. The highest BCUT2D eigenvalue weighted by molar-refractivity contribution is 6.01. The first-order valence-corrected chi connectivity index (χ1v) is 13.8. The monoisotopic (exact) mass is 616 g/mol. The van der Waals surface area contributed by atoms with Crippen LogP contribution in [0.4, 0.5) is 13.2 Å². The molecule has 0 unspecified atom stereocenters. The van der Waals surface area contributed by atoms with Crippen molar-refractivity contribution in [3.05, 3.63) is 77.6 Å². The number of amides is 4. The molecule has 4 rings (SSSR count). The van der Waals surface area contributed by atoms with E-state index in [1.165, 1.54) is 24.4 Å². The molecule has 12 nitrogen and oxygen atoms in total. The second-order valence-electron chi connectivity index (χ2n) is 9.96. The lowest BCUT2D eigenvalue weighted by Crippen LogP contribution is -2.53. The molecule has 44 heavy (non-hydrogen) atoms. The number of phenols is 1. The standard InChI is InChI=1S/C29H31F3N6O6/c30-29(31,32)24-10-14-38(37-24)13-3-11-33-28(43)22-17-25(40)35-21(16-18-6-8-19(39)9-7-18)27(42)34-12-15-44-23-5-2-1-4-20(23)26(41)36-22/h1-2,4-10,14,21-22,39H,3,11-13,15-17H2,(H,33,43)(H,34,42)(H,35,40)(H,36,41)/t21-,22-/m0/s1. The average Bonchev–Trinajstić information content (AvgIpc) is 3.47. The van der Waals surface area contributed by atoms with Crippen molar-refractivity contribution in [2.75, 3.05) is 19.7 Å². The van der Waals surface area contributed by atoms with Crippen molar-refractivity contribution < 1.29 is 42.2 Å². The van der Waals surface area contributed by atoms with Gasteiger partial charge in [0.2, 0.25) is 17.7 Å². The normalized spacial score (nSPS) is 18.1. The van der Waals surface area contributed by atoms with Crippen LogP contribution in [0, 0.1) is 0 Å². The maximum Gasteiger partial charge on any atom is 0.435 e. The molecule has 2 atom stereocenters. The van der Waals surface area contributed by atoms with Crippen molar-refractivity contribution in [2.24, 2.45) is 0 Å². The van der Waals surface area contributed by atoms with Gasteiger partial charge in [0.1, 0.15) is 30.2 Å². The van der Waals surface area contributed by atoms with Crippen LogP contribution < -0.4 is 26.0 Å². The molecule has 1 aliphatic rings. The summed E-state index contributed by atoms with van der Waals surface area (Å²) >= 11 is 0. The van der Waals surface area contributed by atoms with Crippen LogP contribution in [-0.2, 0) is 33.5 Å². The zero-order valence-electron chi connectivity index (χ0n) is 23.4. The van der Waals surface area contributed by atoms with E-state index in [0.717, 1.165) is 10.7 Å². The quantitative estimate of drug-likeness (QED) is 0.252. The fraction of sp³-hybridized carbons (Fsp3) is 0.345. The summed E-state index contributed by atoms with van der Waals surface area (Å²) in [5, 5.41) is 23.5. The second kappa shape index (κ2) is 14.4. The molecule has 4 amide bonds. The SMILES string of the molecule is O=C1C[C@@H](C(=O)NCCCn2ccc(C(F)(F)F)n2)NC(=O)c2ccccc2OCCNC(=O)[C@H](Cc2ccc(O)cc2)N1. The summed E-state index contributed by atoms with van der Waals surface area (Å²) in [5.74, 6) is -2.34.